The van der Waals surface area contributed by atoms with Gasteiger partial charge in [-0.05, 0) is 60.9 Å². The Morgan fingerprint density at radius 2 is 1.54 bits per heavy atom. The van der Waals surface area contributed by atoms with Gasteiger partial charge in [0.25, 0.3) is 11.8 Å². The van der Waals surface area contributed by atoms with Crippen molar-refractivity contribution in [2.75, 3.05) is 5.32 Å². The molecule has 2 N–H and O–H groups in total. The molecule has 0 fully saturated rings. The monoisotopic (exact) mass is 393 g/mol. The van der Waals surface area contributed by atoms with Crippen molar-refractivity contribution in [2.45, 2.75) is 20.4 Å². The van der Waals surface area contributed by atoms with Crippen LogP contribution in [0.5, 0.6) is 0 Å². The molecule has 0 aliphatic rings. The topological polar surface area (TPSA) is 71.1 Å². The number of halogens is 1. The van der Waals surface area contributed by atoms with E-state index < -0.39 is 0 Å². The summed E-state index contributed by atoms with van der Waals surface area (Å²) in [6.07, 6.45) is 0. The van der Waals surface area contributed by atoms with E-state index in [2.05, 4.69) is 15.6 Å². The van der Waals surface area contributed by atoms with Crippen LogP contribution in [0.4, 0.5) is 5.69 Å². The Hall–Kier alpha value is -3.18. The lowest BCUT2D eigenvalue weighted by Crippen LogP contribution is -2.25. The van der Waals surface area contributed by atoms with E-state index in [-0.39, 0.29) is 29.7 Å². The summed E-state index contributed by atoms with van der Waals surface area (Å²) < 4.78 is 0. The second-order valence-corrected chi connectivity index (χ2v) is 6.92. The van der Waals surface area contributed by atoms with Crippen LogP contribution >= 0.6 is 11.6 Å². The van der Waals surface area contributed by atoms with Gasteiger partial charge >= 0.3 is 0 Å². The third-order valence-electron chi connectivity index (χ3n) is 4.09. The number of amides is 2. The van der Waals surface area contributed by atoms with E-state index in [0.29, 0.717) is 10.7 Å². The van der Waals surface area contributed by atoms with E-state index in [1.165, 1.54) is 0 Å². The highest BCUT2D eigenvalue weighted by Gasteiger charge is 2.13. The zero-order valence-electron chi connectivity index (χ0n) is 15.6. The zero-order valence-corrected chi connectivity index (χ0v) is 16.4. The van der Waals surface area contributed by atoms with Crippen molar-refractivity contribution in [1.29, 1.82) is 0 Å². The normalized spacial score (nSPS) is 10.4. The number of aromatic nitrogens is 1. The number of hydrogen-bond acceptors (Lipinski definition) is 3. The van der Waals surface area contributed by atoms with Gasteiger partial charge in [-0.2, -0.15) is 0 Å². The van der Waals surface area contributed by atoms with E-state index in [9.17, 15) is 9.59 Å². The Morgan fingerprint density at radius 3 is 2.21 bits per heavy atom. The van der Waals surface area contributed by atoms with E-state index >= 15 is 0 Å². The van der Waals surface area contributed by atoms with Crippen LogP contribution in [-0.4, -0.2) is 16.8 Å². The van der Waals surface area contributed by atoms with Crippen LogP contribution in [0.3, 0.4) is 0 Å². The van der Waals surface area contributed by atoms with Gasteiger partial charge in [0.05, 0.1) is 0 Å². The largest absolute Gasteiger partial charge is 0.347 e. The van der Waals surface area contributed by atoms with Crippen molar-refractivity contribution in [3.05, 3.63) is 93.8 Å². The third-order valence-corrected chi connectivity index (χ3v) is 4.46. The van der Waals surface area contributed by atoms with Crippen molar-refractivity contribution < 1.29 is 9.59 Å². The Kier molecular flexibility index (Phi) is 6.06. The van der Waals surface area contributed by atoms with Crippen LogP contribution in [0.15, 0.2) is 60.7 Å². The second-order valence-electron chi connectivity index (χ2n) is 6.51. The summed E-state index contributed by atoms with van der Waals surface area (Å²) in [5, 5.41) is 6.17. The van der Waals surface area contributed by atoms with Gasteiger partial charge in [-0.25, -0.2) is 4.98 Å². The van der Waals surface area contributed by atoms with Gasteiger partial charge in [-0.3, -0.25) is 9.59 Å². The van der Waals surface area contributed by atoms with Gasteiger partial charge in [-0.1, -0.05) is 41.9 Å². The molecule has 0 aliphatic heterocycles. The minimum Gasteiger partial charge on any atom is -0.347 e. The molecule has 2 amide bonds. The Bertz CT molecular complexity index is 1010. The van der Waals surface area contributed by atoms with Gasteiger partial charge in [-0.15, -0.1) is 0 Å². The summed E-state index contributed by atoms with van der Waals surface area (Å²) in [5.74, 6) is -0.744. The average Bonchev–Trinajstić information content (AvgIpc) is 2.66. The van der Waals surface area contributed by atoms with Gasteiger partial charge in [0.15, 0.2) is 0 Å². The van der Waals surface area contributed by atoms with Gasteiger partial charge in [0, 0.05) is 17.3 Å². The van der Waals surface area contributed by atoms with Crippen LogP contribution in [0, 0.1) is 13.8 Å². The maximum Gasteiger partial charge on any atom is 0.274 e. The number of aryl methyl sites for hydroxylation is 2. The van der Waals surface area contributed by atoms with Crippen molar-refractivity contribution in [3.63, 3.8) is 0 Å². The van der Waals surface area contributed by atoms with Crippen molar-refractivity contribution in [2.24, 2.45) is 0 Å². The Balaban J connectivity index is 1.69. The molecule has 0 spiro atoms. The lowest BCUT2D eigenvalue weighted by atomic mass is 10.1. The van der Waals surface area contributed by atoms with E-state index in [0.717, 1.165) is 16.7 Å². The summed E-state index contributed by atoms with van der Waals surface area (Å²) in [6.45, 7) is 4.20. The molecule has 3 aromatic rings. The van der Waals surface area contributed by atoms with Crippen LogP contribution in [0.25, 0.3) is 0 Å². The van der Waals surface area contributed by atoms with Gasteiger partial charge in [0.2, 0.25) is 0 Å². The van der Waals surface area contributed by atoms with Crippen molar-refractivity contribution in [1.82, 2.24) is 10.3 Å². The maximum atomic E-state index is 12.5. The first-order valence-electron chi connectivity index (χ1n) is 8.80. The SMILES string of the molecule is Cc1cc(C)cc(NC(=O)c2cccc(C(=O)NCc3ccccc3Cl)n2)c1. The number of anilines is 1. The number of nitrogens with one attached hydrogen (secondary N) is 2. The molecule has 2 aromatic carbocycles. The summed E-state index contributed by atoms with van der Waals surface area (Å²) in [6, 6.07) is 17.8. The molecular formula is C22H20ClN3O2. The highest BCUT2D eigenvalue weighted by Crippen LogP contribution is 2.16. The average molecular weight is 394 g/mol. The Morgan fingerprint density at radius 1 is 0.893 bits per heavy atom. The minimum absolute atomic E-state index is 0.167. The minimum atomic E-state index is -0.374. The highest BCUT2D eigenvalue weighted by atomic mass is 35.5. The molecule has 5 nitrogen and oxygen atoms in total. The standard InChI is InChI=1S/C22H20ClN3O2/c1-14-10-15(2)12-17(11-14)25-22(28)20-9-5-8-19(26-20)21(27)24-13-16-6-3-4-7-18(16)23/h3-12H,13H2,1-2H3,(H,24,27)(H,25,28). The molecule has 142 valence electrons. The molecule has 1 heterocycles. The van der Waals surface area contributed by atoms with Crippen molar-refractivity contribution >= 4 is 29.1 Å². The number of carbonyl (C=O) groups is 2. The first kappa shape index (κ1) is 19.6. The summed E-state index contributed by atoms with van der Waals surface area (Å²) in [5.41, 5.74) is 3.94. The molecule has 0 radical (unpaired) electrons. The molecule has 0 atom stereocenters. The number of rotatable bonds is 5. The maximum absolute atomic E-state index is 12.5. The predicted octanol–water partition coefficient (Wildman–Crippen LogP) is 4.53. The molecule has 0 aliphatic carbocycles. The zero-order chi connectivity index (χ0) is 20.1. The first-order chi connectivity index (χ1) is 13.4. The highest BCUT2D eigenvalue weighted by molar-refractivity contribution is 6.31. The van der Waals surface area contributed by atoms with Crippen LogP contribution in [-0.2, 0) is 6.54 Å². The lowest BCUT2D eigenvalue weighted by Gasteiger charge is -2.09. The van der Waals surface area contributed by atoms with E-state index in [1.807, 2.05) is 50.2 Å². The summed E-state index contributed by atoms with van der Waals surface area (Å²) in [7, 11) is 0. The summed E-state index contributed by atoms with van der Waals surface area (Å²) in [4.78, 5) is 29.1. The number of nitrogens with zero attached hydrogens (tertiary/aromatic N) is 1. The molecule has 3 rings (SSSR count). The third kappa shape index (κ3) is 4.96. The molecule has 0 saturated heterocycles. The molecule has 6 heteroatoms. The molecule has 0 saturated carbocycles. The predicted molar refractivity (Wildman–Crippen MR) is 111 cm³/mol. The molecule has 28 heavy (non-hydrogen) atoms. The second kappa shape index (κ2) is 8.67. The molecule has 0 bridgehead atoms. The van der Waals surface area contributed by atoms with Crippen molar-refractivity contribution in [3.8, 4) is 0 Å². The molecular weight excluding hydrogens is 374 g/mol. The number of pyridine rings is 1. The fourth-order valence-electron chi connectivity index (χ4n) is 2.84. The fraction of sp³-hybridized carbons (Fsp3) is 0.136. The summed E-state index contributed by atoms with van der Waals surface area (Å²) >= 11 is 6.10. The first-order valence-corrected chi connectivity index (χ1v) is 9.18. The van der Waals surface area contributed by atoms with Crippen LogP contribution in [0.1, 0.15) is 37.7 Å². The quantitative estimate of drug-likeness (QED) is 0.668. The number of carbonyl (C=O) groups excluding carboxylic acids is 2. The Labute approximate surface area is 168 Å². The fourth-order valence-corrected chi connectivity index (χ4v) is 3.04. The smallest absolute Gasteiger partial charge is 0.274 e. The van der Waals surface area contributed by atoms with Gasteiger partial charge in [0.1, 0.15) is 11.4 Å². The number of hydrogen-bond donors (Lipinski definition) is 2. The lowest BCUT2D eigenvalue weighted by molar-refractivity contribution is 0.0945. The van der Waals surface area contributed by atoms with E-state index in [1.54, 1.807) is 24.3 Å². The van der Waals surface area contributed by atoms with Crippen LogP contribution in [0.2, 0.25) is 5.02 Å². The molecule has 0 unspecified atom stereocenters. The molecule has 1 aromatic heterocycles. The van der Waals surface area contributed by atoms with Crippen LogP contribution < -0.4 is 10.6 Å². The van der Waals surface area contributed by atoms with E-state index in [4.69, 9.17) is 11.6 Å². The van der Waals surface area contributed by atoms with Gasteiger partial charge < -0.3 is 10.6 Å². The number of benzene rings is 2.